The van der Waals surface area contributed by atoms with Crippen LogP contribution in [0.2, 0.25) is 0 Å². The lowest BCUT2D eigenvalue weighted by molar-refractivity contribution is 0.263. The minimum Gasteiger partial charge on any atom is -0.384 e. The van der Waals surface area contributed by atoms with Crippen LogP contribution in [0.4, 0.5) is 5.82 Å². The van der Waals surface area contributed by atoms with Gasteiger partial charge >= 0.3 is 0 Å². The third-order valence-electron chi connectivity index (χ3n) is 3.10. The predicted octanol–water partition coefficient (Wildman–Crippen LogP) is 0.505. The first-order chi connectivity index (χ1) is 8.13. The molecular formula is C12H21N5. The average Bonchev–Trinajstić information content (AvgIpc) is 2.42. The Balaban J connectivity index is 1.99. The minimum atomic E-state index is 0.569. The Hall–Kier alpha value is -1.20. The van der Waals surface area contributed by atoms with Crippen LogP contribution in [0.25, 0.3) is 0 Å². The maximum Gasteiger partial charge on any atom is 0.144 e. The van der Waals surface area contributed by atoms with Crippen LogP contribution >= 0.6 is 0 Å². The number of nitrogens with two attached hydrogens (primary N) is 1. The van der Waals surface area contributed by atoms with E-state index in [0.29, 0.717) is 5.82 Å². The first kappa shape index (κ1) is 12.3. The Bertz CT molecular complexity index is 359. The molecule has 0 amide bonds. The molecule has 2 rings (SSSR count). The Morgan fingerprint density at radius 2 is 2.06 bits per heavy atom. The van der Waals surface area contributed by atoms with Crippen LogP contribution in [-0.4, -0.2) is 53.0 Å². The van der Waals surface area contributed by atoms with Crippen LogP contribution in [0, 0.1) is 6.92 Å². The summed E-state index contributed by atoms with van der Waals surface area (Å²) in [6, 6.07) is 1.81. The molecule has 1 aliphatic heterocycles. The van der Waals surface area contributed by atoms with Gasteiger partial charge in [-0.1, -0.05) is 0 Å². The SMILES string of the molecule is Cc1cc(N)nc(CN2CCCN(C)CC2)n1. The van der Waals surface area contributed by atoms with E-state index >= 15 is 0 Å². The molecule has 5 heteroatoms. The lowest BCUT2D eigenvalue weighted by atomic mass is 10.3. The second-order valence-corrected chi connectivity index (χ2v) is 4.78. The minimum absolute atomic E-state index is 0.569. The smallest absolute Gasteiger partial charge is 0.144 e. The number of nitrogen functional groups attached to an aromatic ring is 1. The average molecular weight is 235 g/mol. The van der Waals surface area contributed by atoms with Gasteiger partial charge < -0.3 is 10.6 Å². The summed E-state index contributed by atoms with van der Waals surface area (Å²) in [5.41, 5.74) is 6.68. The molecule has 1 fully saturated rings. The molecule has 0 atom stereocenters. The van der Waals surface area contributed by atoms with Gasteiger partial charge in [0.15, 0.2) is 0 Å². The van der Waals surface area contributed by atoms with Crippen molar-refractivity contribution in [1.29, 1.82) is 0 Å². The monoisotopic (exact) mass is 235 g/mol. The highest BCUT2D eigenvalue weighted by molar-refractivity contribution is 5.29. The molecule has 0 saturated carbocycles. The zero-order chi connectivity index (χ0) is 12.3. The molecule has 17 heavy (non-hydrogen) atoms. The maximum atomic E-state index is 5.74. The van der Waals surface area contributed by atoms with Gasteiger partial charge in [0.05, 0.1) is 6.54 Å². The highest BCUT2D eigenvalue weighted by Gasteiger charge is 2.13. The molecule has 5 nitrogen and oxygen atoms in total. The van der Waals surface area contributed by atoms with Crippen LogP contribution in [0.1, 0.15) is 17.9 Å². The van der Waals surface area contributed by atoms with Crippen molar-refractivity contribution >= 4 is 5.82 Å². The van der Waals surface area contributed by atoms with Crippen molar-refractivity contribution in [1.82, 2.24) is 19.8 Å². The summed E-state index contributed by atoms with van der Waals surface area (Å²) in [5.74, 6) is 1.41. The first-order valence-electron chi connectivity index (χ1n) is 6.14. The Labute approximate surface area is 103 Å². The van der Waals surface area contributed by atoms with E-state index in [1.807, 2.05) is 6.92 Å². The standard InChI is InChI=1S/C12H21N5/c1-10-8-11(13)15-12(14-10)9-17-5-3-4-16(2)6-7-17/h8H,3-7,9H2,1-2H3,(H2,13,14,15). The summed E-state index contributed by atoms with van der Waals surface area (Å²) < 4.78 is 0. The van der Waals surface area contributed by atoms with Crippen LogP contribution in [0.15, 0.2) is 6.07 Å². The van der Waals surface area contributed by atoms with Crippen LogP contribution in [-0.2, 0) is 6.54 Å². The summed E-state index contributed by atoms with van der Waals surface area (Å²) >= 11 is 0. The predicted molar refractivity (Wildman–Crippen MR) is 68.6 cm³/mol. The van der Waals surface area contributed by atoms with Gasteiger partial charge in [-0.05, 0) is 33.5 Å². The van der Waals surface area contributed by atoms with Gasteiger partial charge in [-0.25, -0.2) is 9.97 Å². The molecule has 1 aromatic rings. The summed E-state index contributed by atoms with van der Waals surface area (Å²) in [5, 5.41) is 0. The molecular weight excluding hydrogens is 214 g/mol. The van der Waals surface area contributed by atoms with E-state index in [2.05, 4.69) is 26.8 Å². The Morgan fingerprint density at radius 1 is 1.24 bits per heavy atom. The third kappa shape index (κ3) is 3.64. The molecule has 1 aliphatic rings. The van der Waals surface area contributed by atoms with Gasteiger partial charge in [-0.3, -0.25) is 4.90 Å². The topological polar surface area (TPSA) is 58.3 Å². The van der Waals surface area contributed by atoms with E-state index in [0.717, 1.165) is 37.7 Å². The number of hydrogen-bond acceptors (Lipinski definition) is 5. The van der Waals surface area contributed by atoms with Gasteiger partial charge in [0.25, 0.3) is 0 Å². The highest BCUT2D eigenvalue weighted by Crippen LogP contribution is 2.07. The number of aryl methyl sites for hydroxylation is 1. The molecule has 1 saturated heterocycles. The summed E-state index contributed by atoms with van der Waals surface area (Å²) in [6.07, 6.45) is 1.21. The maximum absolute atomic E-state index is 5.74. The number of hydrogen-bond donors (Lipinski definition) is 1. The molecule has 0 bridgehead atoms. The second kappa shape index (κ2) is 5.42. The van der Waals surface area contributed by atoms with Crippen molar-refractivity contribution in [2.24, 2.45) is 0 Å². The van der Waals surface area contributed by atoms with E-state index in [4.69, 9.17) is 5.73 Å². The number of aromatic nitrogens is 2. The van der Waals surface area contributed by atoms with Crippen molar-refractivity contribution < 1.29 is 0 Å². The van der Waals surface area contributed by atoms with Gasteiger partial charge in [-0.2, -0.15) is 0 Å². The fraction of sp³-hybridized carbons (Fsp3) is 0.667. The lowest BCUT2D eigenvalue weighted by Gasteiger charge is -2.19. The molecule has 0 spiro atoms. The fourth-order valence-corrected chi connectivity index (χ4v) is 2.18. The van der Waals surface area contributed by atoms with Gasteiger partial charge in [0, 0.05) is 24.8 Å². The fourth-order valence-electron chi connectivity index (χ4n) is 2.18. The molecule has 0 aliphatic carbocycles. The molecule has 0 aromatic carbocycles. The van der Waals surface area contributed by atoms with Crippen LogP contribution in [0.5, 0.6) is 0 Å². The van der Waals surface area contributed by atoms with Crippen molar-refractivity contribution in [2.75, 3.05) is 39.0 Å². The Morgan fingerprint density at radius 3 is 2.82 bits per heavy atom. The van der Waals surface area contributed by atoms with Crippen molar-refractivity contribution in [3.05, 3.63) is 17.6 Å². The number of likely N-dealkylation sites (N-methyl/N-ethyl adjacent to an activating group) is 1. The largest absolute Gasteiger partial charge is 0.384 e. The van der Waals surface area contributed by atoms with Gasteiger partial charge in [0.1, 0.15) is 11.6 Å². The van der Waals surface area contributed by atoms with Gasteiger partial charge in [-0.15, -0.1) is 0 Å². The normalized spacial score (nSPS) is 19.2. The zero-order valence-electron chi connectivity index (χ0n) is 10.7. The number of nitrogens with zero attached hydrogens (tertiary/aromatic N) is 4. The molecule has 1 aromatic heterocycles. The molecule has 0 unspecified atom stereocenters. The van der Waals surface area contributed by atoms with Gasteiger partial charge in [0.2, 0.25) is 0 Å². The number of anilines is 1. The quantitative estimate of drug-likeness (QED) is 0.809. The molecule has 94 valence electrons. The second-order valence-electron chi connectivity index (χ2n) is 4.78. The van der Waals surface area contributed by atoms with E-state index in [1.54, 1.807) is 6.07 Å². The Kier molecular flexibility index (Phi) is 3.91. The van der Waals surface area contributed by atoms with Crippen molar-refractivity contribution in [2.45, 2.75) is 19.9 Å². The van der Waals surface area contributed by atoms with Crippen molar-refractivity contribution in [3.63, 3.8) is 0 Å². The summed E-state index contributed by atoms with van der Waals surface area (Å²) in [4.78, 5) is 13.5. The van der Waals surface area contributed by atoms with Crippen molar-refractivity contribution in [3.8, 4) is 0 Å². The summed E-state index contributed by atoms with van der Waals surface area (Å²) in [6.45, 7) is 7.24. The van der Waals surface area contributed by atoms with Crippen LogP contribution < -0.4 is 5.73 Å². The molecule has 2 N–H and O–H groups in total. The van der Waals surface area contributed by atoms with E-state index < -0.39 is 0 Å². The number of rotatable bonds is 2. The van der Waals surface area contributed by atoms with E-state index in [-0.39, 0.29) is 0 Å². The zero-order valence-corrected chi connectivity index (χ0v) is 10.7. The van der Waals surface area contributed by atoms with E-state index in [9.17, 15) is 0 Å². The third-order valence-corrected chi connectivity index (χ3v) is 3.10. The summed E-state index contributed by atoms with van der Waals surface area (Å²) in [7, 11) is 2.17. The molecule has 0 radical (unpaired) electrons. The van der Waals surface area contributed by atoms with E-state index in [1.165, 1.54) is 13.0 Å². The van der Waals surface area contributed by atoms with Crippen LogP contribution in [0.3, 0.4) is 0 Å². The lowest BCUT2D eigenvalue weighted by Crippen LogP contribution is -2.29. The highest BCUT2D eigenvalue weighted by atomic mass is 15.2. The molecule has 2 heterocycles. The first-order valence-corrected chi connectivity index (χ1v) is 6.14.